The van der Waals surface area contributed by atoms with Gasteiger partial charge in [0.15, 0.2) is 11.6 Å². The van der Waals surface area contributed by atoms with Crippen LogP contribution in [0.3, 0.4) is 0 Å². The molecule has 2 amide bonds. The number of rotatable bonds is 6. The second-order valence-corrected chi connectivity index (χ2v) is 9.85. The molecule has 2 atom stereocenters. The molecule has 1 N–H and O–H groups in total. The third-order valence-electron chi connectivity index (χ3n) is 7.54. The van der Waals surface area contributed by atoms with Gasteiger partial charge in [-0.2, -0.15) is 0 Å². The fourth-order valence-electron chi connectivity index (χ4n) is 5.35. The third-order valence-corrected chi connectivity index (χ3v) is 7.54. The second kappa shape index (κ2) is 11.8. The molecule has 2 aromatic carbocycles. The number of halogens is 3. The van der Waals surface area contributed by atoms with Crippen LogP contribution >= 0.6 is 0 Å². The monoisotopic (exact) mass is 516 g/mol. The summed E-state index contributed by atoms with van der Waals surface area (Å²) in [5, 5.41) is 2.95. The number of likely N-dealkylation sites (tertiary alicyclic amines) is 1. The Labute approximate surface area is 214 Å². The predicted molar refractivity (Wildman–Crippen MR) is 131 cm³/mol. The van der Waals surface area contributed by atoms with E-state index in [4.69, 9.17) is 4.74 Å². The zero-order chi connectivity index (χ0) is 26.5. The van der Waals surface area contributed by atoms with Crippen molar-refractivity contribution < 1.29 is 32.3 Å². The van der Waals surface area contributed by atoms with Crippen molar-refractivity contribution in [2.75, 3.05) is 25.5 Å². The number of piperidine rings is 1. The smallest absolute Gasteiger partial charge is 0.308 e. The first kappa shape index (κ1) is 26.7. The number of nitrogens with zero attached hydrogens (tertiary/aromatic N) is 1. The van der Waals surface area contributed by atoms with Crippen LogP contribution in [-0.2, 0) is 25.5 Å². The second-order valence-electron chi connectivity index (χ2n) is 9.85. The molecule has 0 spiro atoms. The van der Waals surface area contributed by atoms with Crippen LogP contribution in [0.5, 0.6) is 0 Å². The Kier molecular flexibility index (Phi) is 8.51. The van der Waals surface area contributed by atoms with E-state index in [9.17, 15) is 27.6 Å². The highest BCUT2D eigenvalue weighted by Crippen LogP contribution is 2.32. The molecule has 1 heterocycles. The Bertz CT molecular complexity index is 1150. The summed E-state index contributed by atoms with van der Waals surface area (Å²) in [5.74, 6) is -4.47. The van der Waals surface area contributed by atoms with Crippen LogP contribution in [0.1, 0.15) is 55.6 Å². The summed E-state index contributed by atoms with van der Waals surface area (Å²) in [6.07, 6.45) is 3.64. The first-order chi connectivity index (χ1) is 17.8. The number of methoxy groups -OCH3 is 1. The first-order valence-corrected chi connectivity index (χ1v) is 12.7. The number of carbonyl (C=O) groups excluding carboxylic acids is 3. The molecule has 4 rings (SSSR count). The van der Waals surface area contributed by atoms with Crippen LogP contribution in [0, 0.1) is 29.3 Å². The molecule has 2 aromatic rings. The summed E-state index contributed by atoms with van der Waals surface area (Å²) in [5.41, 5.74) is 1.22. The number of hydrogen-bond acceptors (Lipinski definition) is 4. The van der Waals surface area contributed by atoms with E-state index in [0.29, 0.717) is 44.1 Å². The van der Waals surface area contributed by atoms with Crippen molar-refractivity contribution in [2.45, 2.75) is 50.9 Å². The molecule has 0 radical (unpaired) electrons. The van der Waals surface area contributed by atoms with Gasteiger partial charge < -0.3 is 15.0 Å². The molecule has 1 saturated carbocycles. The quantitative estimate of drug-likeness (QED) is 0.435. The number of esters is 1. The number of ether oxygens (including phenoxy) is 1. The Morgan fingerprint density at radius 1 is 0.919 bits per heavy atom. The average Bonchev–Trinajstić information content (AvgIpc) is 2.93. The molecule has 6 nitrogen and oxygen atoms in total. The van der Waals surface area contributed by atoms with Gasteiger partial charge >= 0.3 is 5.97 Å². The molecule has 0 bridgehead atoms. The van der Waals surface area contributed by atoms with Crippen molar-refractivity contribution in [3.63, 3.8) is 0 Å². The number of nitrogens with one attached hydrogen (secondary N) is 1. The van der Waals surface area contributed by atoms with Crippen molar-refractivity contribution in [1.82, 2.24) is 4.90 Å². The number of anilines is 1. The predicted octanol–water partition coefficient (Wildman–Crippen LogP) is 4.97. The van der Waals surface area contributed by atoms with E-state index in [1.54, 1.807) is 4.90 Å². The van der Waals surface area contributed by atoms with Gasteiger partial charge in [0.25, 0.3) is 0 Å². The summed E-state index contributed by atoms with van der Waals surface area (Å²) in [4.78, 5) is 38.7. The molecule has 1 aliphatic carbocycles. The van der Waals surface area contributed by atoms with Gasteiger partial charge in [-0.25, -0.2) is 13.2 Å². The summed E-state index contributed by atoms with van der Waals surface area (Å²) in [6, 6.07) is 9.13. The minimum Gasteiger partial charge on any atom is -0.469 e. The lowest BCUT2D eigenvalue weighted by atomic mass is 9.81. The van der Waals surface area contributed by atoms with E-state index in [2.05, 4.69) is 5.32 Å². The fraction of sp³-hybridized carbons (Fsp3) is 0.464. The maximum atomic E-state index is 13.9. The van der Waals surface area contributed by atoms with Gasteiger partial charge in [0.2, 0.25) is 11.8 Å². The van der Waals surface area contributed by atoms with E-state index < -0.39 is 35.3 Å². The number of benzene rings is 2. The molecule has 198 valence electrons. The summed E-state index contributed by atoms with van der Waals surface area (Å²) < 4.78 is 46.1. The molecular formula is C28H31F3N2O4. The van der Waals surface area contributed by atoms with Gasteiger partial charge in [-0.1, -0.05) is 18.6 Å². The first-order valence-electron chi connectivity index (χ1n) is 12.7. The van der Waals surface area contributed by atoms with Crippen LogP contribution in [0.15, 0.2) is 36.4 Å². The van der Waals surface area contributed by atoms with Crippen molar-refractivity contribution in [3.8, 4) is 0 Å². The third kappa shape index (κ3) is 6.32. The van der Waals surface area contributed by atoms with Crippen LogP contribution in [0.25, 0.3) is 0 Å². The van der Waals surface area contributed by atoms with Crippen LogP contribution in [0.4, 0.5) is 18.9 Å². The Morgan fingerprint density at radius 2 is 1.57 bits per heavy atom. The zero-order valence-corrected chi connectivity index (χ0v) is 20.8. The average molecular weight is 517 g/mol. The van der Waals surface area contributed by atoms with Gasteiger partial charge in [0, 0.05) is 30.3 Å². The highest BCUT2D eigenvalue weighted by atomic mass is 19.2. The maximum absolute atomic E-state index is 13.9. The van der Waals surface area contributed by atoms with E-state index >= 15 is 0 Å². The number of hydrogen-bond donors (Lipinski definition) is 1. The largest absolute Gasteiger partial charge is 0.469 e. The van der Waals surface area contributed by atoms with Gasteiger partial charge in [0.05, 0.1) is 19.4 Å². The standard InChI is InChI=1S/C28H31F3N2O4/c1-37-28(36)20-4-2-3-19(15-20)27(35)32-21-7-5-17(6-8-21)18-11-13-33(14-12-18)25(34)16-22-23(29)9-10-24(30)26(22)31/h5-10,18-20H,2-4,11-16H2,1H3,(H,32,35). The minimum atomic E-state index is -1.32. The van der Waals surface area contributed by atoms with Crippen molar-refractivity contribution in [3.05, 3.63) is 65.0 Å². The lowest BCUT2D eigenvalue weighted by molar-refractivity contribution is -0.147. The van der Waals surface area contributed by atoms with E-state index in [1.165, 1.54) is 7.11 Å². The van der Waals surface area contributed by atoms with E-state index in [1.807, 2.05) is 24.3 Å². The van der Waals surface area contributed by atoms with Crippen molar-refractivity contribution in [1.29, 1.82) is 0 Å². The molecule has 1 saturated heterocycles. The van der Waals surface area contributed by atoms with Crippen LogP contribution < -0.4 is 5.32 Å². The summed E-state index contributed by atoms with van der Waals surface area (Å²) in [7, 11) is 1.37. The van der Waals surface area contributed by atoms with Gasteiger partial charge in [-0.15, -0.1) is 0 Å². The lowest BCUT2D eigenvalue weighted by Crippen LogP contribution is -2.39. The zero-order valence-electron chi connectivity index (χ0n) is 20.8. The SMILES string of the molecule is COC(=O)C1CCCC(C(=O)Nc2ccc(C3CCN(C(=O)Cc4c(F)ccc(F)c4F)CC3)cc2)C1. The molecule has 2 unspecified atom stereocenters. The Hall–Kier alpha value is -3.36. The molecule has 2 fully saturated rings. The topological polar surface area (TPSA) is 75.7 Å². The molecule has 0 aromatic heterocycles. The van der Waals surface area contributed by atoms with Crippen molar-refractivity contribution >= 4 is 23.5 Å². The number of amides is 2. The highest BCUT2D eigenvalue weighted by Gasteiger charge is 2.32. The molecule has 37 heavy (non-hydrogen) atoms. The maximum Gasteiger partial charge on any atom is 0.308 e. The van der Waals surface area contributed by atoms with Gasteiger partial charge in [-0.05, 0) is 67.9 Å². The fourth-order valence-corrected chi connectivity index (χ4v) is 5.35. The van der Waals surface area contributed by atoms with E-state index in [0.717, 1.165) is 30.9 Å². The highest BCUT2D eigenvalue weighted by molar-refractivity contribution is 5.93. The minimum absolute atomic E-state index is 0.0978. The van der Waals surface area contributed by atoms with Crippen molar-refractivity contribution in [2.24, 2.45) is 11.8 Å². The molecule has 9 heteroatoms. The Morgan fingerprint density at radius 3 is 2.24 bits per heavy atom. The molecule has 2 aliphatic rings. The summed E-state index contributed by atoms with van der Waals surface area (Å²) in [6.45, 7) is 0.868. The Balaban J connectivity index is 1.28. The summed E-state index contributed by atoms with van der Waals surface area (Å²) >= 11 is 0. The van der Waals surface area contributed by atoms with Gasteiger partial charge in [0.1, 0.15) is 5.82 Å². The van der Waals surface area contributed by atoms with E-state index in [-0.39, 0.29) is 29.6 Å². The van der Waals surface area contributed by atoms with Crippen LogP contribution in [-0.4, -0.2) is 42.9 Å². The van der Waals surface area contributed by atoms with Gasteiger partial charge in [-0.3, -0.25) is 14.4 Å². The molecular weight excluding hydrogens is 485 g/mol. The lowest BCUT2D eigenvalue weighted by Gasteiger charge is -2.32. The molecule has 1 aliphatic heterocycles. The number of carbonyl (C=O) groups is 3. The normalized spacial score (nSPS) is 20.4. The van der Waals surface area contributed by atoms with Crippen LogP contribution in [0.2, 0.25) is 0 Å².